The third-order valence-electron chi connectivity index (χ3n) is 2.98. The van der Waals surface area contributed by atoms with Gasteiger partial charge < -0.3 is 9.84 Å². The van der Waals surface area contributed by atoms with Crippen LogP contribution in [0.2, 0.25) is 0 Å². The topological polar surface area (TPSA) is 83.9 Å². The largest absolute Gasteiger partial charge is 0.497 e. The van der Waals surface area contributed by atoms with Crippen LogP contribution in [0.4, 0.5) is 0 Å². The van der Waals surface area contributed by atoms with Crippen molar-refractivity contribution in [2.75, 3.05) is 32.5 Å². The molecule has 1 N–H and O–H groups in total. The fourth-order valence-electron chi connectivity index (χ4n) is 1.94. The first kappa shape index (κ1) is 17.5. The van der Waals surface area contributed by atoms with Crippen LogP contribution < -0.4 is 4.74 Å². The fraction of sp³-hybridized carbons (Fsp3) is 0.500. The van der Waals surface area contributed by atoms with Crippen LogP contribution >= 0.6 is 0 Å². The number of sulfone groups is 1. The number of methoxy groups -OCH3 is 1. The Bertz CT molecular complexity index is 570. The number of carboxylic acid groups (broad SMARTS) is 1. The zero-order valence-corrected chi connectivity index (χ0v) is 13.1. The zero-order chi connectivity index (χ0) is 15.9. The van der Waals surface area contributed by atoms with Crippen LogP contribution in [0.15, 0.2) is 29.2 Å². The number of carboxylic acids is 1. The monoisotopic (exact) mass is 315 g/mol. The van der Waals surface area contributed by atoms with Crippen molar-refractivity contribution in [1.29, 1.82) is 0 Å². The maximum absolute atomic E-state index is 12.3. The molecule has 1 rings (SSSR count). The number of hydrogen-bond donors (Lipinski definition) is 1. The van der Waals surface area contributed by atoms with E-state index < -0.39 is 15.8 Å². The molecule has 6 nitrogen and oxygen atoms in total. The summed E-state index contributed by atoms with van der Waals surface area (Å²) in [6.45, 7) is 2.52. The summed E-state index contributed by atoms with van der Waals surface area (Å²) in [5, 5.41) is 8.82. The molecule has 0 amide bonds. The van der Waals surface area contributed by atoms with Gasteiger partial charge >= 0.3 is 5.97 Å². The average Bonchev–Trinajstić information content (AvgIpc) is 2.44. The summed E-state index contributed by atoms with van der Waals surface area (Å²) in [6, 6.07) is 6.27. The van der Waals surface area contributed by atoms with Crippen LogP contribution in [0.25, 0.3) is 0 Å². The SMILES string of the molecule is CCCN(CCS(=O)(=O)c1cccc(OC)c1)CC(=O)O. The summed E-state index contributed by atoms with van der Waals surface area (Å²) in [6.07, 6.45) is 0.770. The Kier molecular flexibility index (Phi) is 6.64. The third-order valence-corrected chi connectivity index (χ3v) is 4.67. The molecular weight excluding hydrogens is 294 g/mol. The van der Waals surface area contributed by atoms with E-state index in [1.165, 1.54) is 19.2 Å². The average molecular weight is 315 g/mol. The standard InChI is InChI=1S/C14H21NO5S/c1-3-7-15(11-14(16)17)8-9-21(18,19)13-6-4-5-12(10-13)20-2/h4-6,10H,3,7-9,11H2,1-2H3,(H,16,17). The molecule has 0 heterocycles. The van der Waals surface area contributed by atoms with Gasteiger partial charge in [-0.1, -0.05) is 13.0 Å². The Hall–Kier alpha value is -1.60. The second kappa shape index (κ2) is 7.99. The van der Waals surface area contributed by atoms with E-state index in [0.29, 0.717) is 12.3 Å². The Morgan fingerprint density at radius 2 is 2.05 bits per heavy atom. The second-order valence-electron chi connectivity index (χ2n) is 4.67. The van der Waals surface area contributed by atoms with Crippen LogP contribution in [-0.2, 0) is 14.6 Å². The molecule has 21 heavy (non-hydrogen) atoms. The minimum absolute atomic E-state index is 0.118. The van der Waals surface area contributed by atoms with Crippen molar-refractivity contribution in [3.05, 3.63) is 24.3 Å². The molecular formula is C14H21NO5S. The molecule has 0 saturated carbocycles. The lowest BCUT2D eigenvalue weighted by molar-refractivity contribution is -0.138. The lowest BCUT2D eigenvalue weighted by Crippen LogP contribution is -2.34. The van der Waals surface area contributed by atoms with Crippen LogP contribution in [0, 0.1) is 0 Å². The van der Waals surface area contributed by atoms with Crippen LogP contribution in [0.3, 0.4) is 0 Å². The fourth-order valence-corrected chi connectivity index (χ4v) is 3.26. The predicted octanol–water partition coefficient (Wildman–Crippen LogP) is 1.27. The number of ether oxygens (including phenoxy) is 1. The molecule has 0 atom stereocenters. The summed E-state index contributed by atoms with van der Waals surface area (Å²) < 4.78 is 29.5. The van der Waals surface area contributed by atoms with Crippen molar-refractivity contribution in [2.24, 2.45) is 0 Å². The molecule has 0 spiro atoms. The first-order valence-corrected chi connectivity index (χ1v) is 8.35. The molecule has 0 fully saturated rings. The highest BCUT2D eigenvalue weighted by Gasteiger charge is 2.18. The molecule has 0 unspecified atom stereocenters. The van der Waals surface area contributed by atoms with Gasteiger partial charge in [0.15, 0.2) is 9.84 Å². The van der Waals surface area contributed by atoms with Gasteiger partial charge in [-0.15, -0.1) is 0 Å². The molecule has 0 aliphatic heterocycles. The van der Waals surface area contributed by atoms with Gasteiger partial charge in [0.1, 0.15) is 5.75 Å². The molecule has 7 heteroatoms. The van der Waals surface area contributed by atoms with Crippen molar-refractivity contribution >= 4 is 15.8 Å². The van der Waals surface area contributed by atoms with E-state index in [-0.39, 0.29) is 23.7 Å². The van der Waals surface area contributed by atoms with Crippen LogP contribution in [0.5, 0.6) is 5.75 Å². The van der Waals surface area contributed by atoms with Gasteiger partial charge in [0.2, 0.25) is 0 Å². The summed E-state index contributed by atoms with van der Waals surface area (Å²) in [4.78, 5) is 12.6. The highest BCUT2D eigenvalue weighted by molar-refractivity contribution is 7.91. The number of benzene rings is 1. The Morgan fingerprint density at radius 1 is 1.33 bits per heavy atom. The molecule has 0 bridgehead atoms. The molecule has 0 aromatic heterocycles. The lowest BCUT2D eigenvalue weighted by Gasteiger charge is -2.19. The van der Waals surface area contributed by atoms with E-state index in [9.17, 15) is 13.2 Å². The molecule has 0 radical (unpaired) electrons. The van der Waals surface area contributed by atoms with E-state index in [1.54, 1.807) is 17.0 Å². The van der Waals surface area contributed by atoms with Gasteiger partial charge in [0.05, 0.1) is 24.3 Å². The molecule has 0 saturated heterocycles. The molecule has 1 aromatic carbocycles. The highest BCUT2D eigenvalue weighted by atomic mass is 32.2. The van der Waals surface area contributed by atoms with Crippen LogP contribution in [-0.4, -0.2) is 56.9 Å². The van der Waals surface area contributed by atoms with E-state index in [1.807, 2.05) is 6.92 Å². The predicted molar refractivity (Wildman–Crippen MR) is 79.4 cm³/mol. The first-order chi connectivity index (χ1) is 9.89. The van der Waals surface area contributed by atoms with E-state index in [2.05, 4.69) is 0 Å². The maximum atomic E-state index is 12.3. The maximum Gasteiger partial charge on any atom is 0.317 e. The normalized spacial score (nSPS) is 11.6. The number of carbonyl (C=O) groups is 1. The van der Waals surface area contributed by atoms with E-state index in [4.69, 9.17) is 9.84 Å². The molecule has 118 valence electrons. The Balaban J connectivity index is 2.76. The number of hydrogen-bond acceptors (Lipinski definition) is 5. The summed E-state index contributed by atoms with van der Waals surface area (Å²) >= 11 is 0. The van der Waals surface area contributed by atoms with Gasteiger partial charge in [0.25, 0.3) is 0 Å². The van der Waals surface area contributed by atoms with Crippen molar-refractivity contribution in [1.82, 2.24) is 4.90 Å². The molecule has 0 aliphatic carbocycles. The summed E-state index contributed by atoms with van der Waals surface area (Å²) in [7, 11) is -1.98. The van der Waals surface area contributed by atoms with Gasteiger partial charge in [-0.05, 0) is 31.2 Å². The van der Waals surface area contributed by atoms with Gasteiger partial charge in [-0.3, -0.25) is 9.69 Å². The minimum Gasteiger partial charge on any atom is -0.497 e. The van der Waals surface area contributed by atoms with Crippen molar-refractivity contribution in [2.45, 2.75) is 18.2 Å². The van der Waals surface area contributed by atoms with Crippen molar-refractivity contribution in [3.63, 3.8) is 0 Å². The Morgan fingerprint density at radius 3 is 2.62 bits per heavy atom. The number of nitrogens with zero attached hydrogens (tertiary/aromatic N) is 1. The highest BCUT2D eigenvalue weighted by Crippen LogP contribution is 2.18. The van der Waals surface area contributed by atoms with E-state index in [0.717, 1.165) is 6.42 Å². The number of rotatable bonds is 9. The van der Waals surface area contributed by atoms with Crippen molar-refractivity contribution in [3.8, 4) is 5.75 Å². The summed E-state index contributed by atoms with van der Waals surface area (Å²) in [5.74, 6) is -0.595. The van der Waals surface area contributed by atoms with Gasteiger partial charge in [-0.25, -0.2) is 8.42 Å². The zero-order valence-electron chi connectivity index (χ0n) is 12.3. The van der Waals surface area contributed by atoms with Crippen LogP contribution in [0.1, 0.15) is 13.3 Å². The lowest BCUT2D eigenvalue weighted by atomic mass is 10.3. The number of aliphatic carboxylic acids is 1. The third kappa shape index (κ3) is 5.73. The minimum atomic E-state index is -3.46. The first-order valence-electron chi connectivity index (χ1n) is 6.70. The smallest absolute Gasteiger partial charge is 0.317 e. The van der Waals surface area contributed by atoms with Gasteiger partial charge in [-0.2, -0.15) is 0 Å². The quantitative estimate of drug-likeness (QED) is 0.739. The second-order valence-corrected chi connectivity index (χ2v) is 6.78. The molecule has 0 aliphatic rings. The van der Waals surface area contributed by atoms with Gasteiger partial charge in [0, 0.05) is 6.54 Å². The molecule has 1 aromatic rings. The van der Waals surface area contributed by atoms with Crippen molar-refractivity contribution < 1.29 is 23.1 Å². The summed E-state index contributed by atoms with van der Waals surface area (Å²) in [5.41, 5.74) is 0. The van der Waals surface area contributed by atoms with E-state index >= 15 is 0 Å². The Labute approximate surface area is 125 Å².